The number of benzene rings is 1. The molecule has 0 unspecified atom stereocenters. The van der Waals surface area contributed by atoms with Gasteiger partial charge in [0.2, 0.25) is 0 Å². The van der Waals surface area contributed by atoms with Crippen molar-refractivity contribution in [2.24, 2.45) is 16.9 Å². The van der Waals surface area contributed by atoms with Gasteiger partial charge in [-0.2, -0.15) is 5.10 Å². The van der Waals surface area contributed by atoms with Crippen molar-refractivity contribution >= 4 is 5.71 Å². The van der Waals surface area contributed by atoms with Crippen molar-refractivity contribution in [1.82, 2.24) is 0 Å². The molecule has 0 atom stereocenters. The summed E-state index contributed by atoms with van der Waals surface area (Å²) in [5.41, 5.74) is 2.28. The molecule has 1 saturated carbocycles. The van der Waals surface area contributed by atoms with Crippen LogP contribution in [-0.4, -0.2) is 5.71 Å². The predicted molar refractivity (Wildman–Crippen MR) is 63.7 cm³/mol. The van der Waals surface area contributed by atoms with Gasteiger partial charge >= 0.3 is 0 Å². The fraction of sp³-hybridized carbons (Fsp3) is 0.462. The summed E-state index contributed by atoms with van der Waals surface area (Å²) in [6, 6.07) is 10.3. The van der Waals surface area contributed by atoms with E-state index in [2.05, 4.69) is 17.2 Å². The van der Waals surface area contributed by atoms with Crippen LogP contribution < -0.4 is 5.84 Å². The highest BCUT2D eigenvalue weighted by molar-refractivity contribution is 6.02. The van der Waals surface area contributed by atoms with Crippen molar-refractivity contribution in [2.75, 3.05) is 0 Å². The smallest absolute Gasteiger partial charge is 0.0703 e. The average Bonchev–Trinajstić information content (AvgIpc) is 2.33. The van der Waals surface area contributed by atoms with Gasteiger partial charge in [-0.25, -0.2) is 0 Å². The van der Waals surface area contributed by atoms with Crippen LogP contribution in [-0.2, 0) is 0 Å². The lowest BCUT2D eigenvalue weighted by Gasteiger charge is -2.22. The van der Waals surface area contributed by atoms with Crippen molar-refractivity contribution in [2.45, 2.75) is 32.1 Å². The van der Waals surface area contributed by atoms with E-state index in [0.717, 1.165) is 5.71 Å². The molecular weight excluding hydrogens is 184 g/mol. The number of nitrogens with zero attached hydrogens (tertiary/aromatic N) is 1. The molecule has 2 heteroatoms. The zero-order valence-corrected chi connectivity index (χ0v) is 9.02. The van der Waals surface area contributed by atoms with Gasteiger partial charge < -0.3 is 5.84 Å². The lowest BCUT2D eigenvalue weighted by atomic mass is 9.83. The molecule has 1 aliphatic rings. The Kier molecular flexibility index (Phi) is 3.38. The number of hydrazone groups is 1. The third kappa shape index (κ3) is 2.38. The number of hydrogen-bond donors (Lipinski definition) is 1. The van der Waals surface area contributed by atoms with Gasteiger partial charge in [-0.05, 0) is 18.4 Å². The van der Waals surface area contributed by atoms with E-state index in [1.807, 2.05) is 18.2 Å². The summed E-state index contributed by atoms with van der Waals surface area (Å²) in [7, 11) is 0. The normalized spacial score (nSPS) is 19.1. The van der Waals surface area contributed by atoms with E-state index in [-0.39, 0.29) is 0 Å². The molecule has 2 rings (SSSR count). The van der Waals surface area contributed by atoms with Crippen LogP contribution in [0.4, 0.5) is 0 Å². The van der Waals surface area contributed by atoms with Crippen molar-refractivity contribution in [3.63, 3.8) is 0 Å². The van der Waals surface area contributed by atoms with Gasteiger partial charge in [0, 0.05) is 5.92 Å². The molecule has 15 heavy (non-hydrogen) atoms. The van der Waals surface area contributed by atoms with Gasteiger partial charge in [0.25, 0.3) is 0 Å². The monoisotopic (exact) mass is 202 g/mol. The van der Waals surface area contributed by atoms with E-state index in [1.54, 1.807) is 0 Å². The average molecular weight is 202 g/mol. The summed E-state index contributed by atoms with van der Waals surface area (Å²) in [5.74, 6) is 6.10. The van der Waals surface area contributed by atoms with Crippen LogP contribution in [0.25, 0.3) is 0 Å². The van der Waals surface area contributed by atoms with Crippen LogP contribution in [0.1, 0.15) is 37.7 Å². The van der Waals surface area contributed by atoms with Crippen molar-refractivity contribution in [1.29, 1.82) is 0 Å². The second-order valence-corrected chi connectivity index (χ2v) is 4.22. The van der Waals surface area contributed by atoms with Crippen molar-refractivity contribution < 1.29 is 0 Å². The fourth-order valence-electron chi connectivity index (χ4n) is 2.40. The van der Waals surface area contributed by atoms with Crippen LogP contribution in [0.15, 0.2) is 35.4 Å². The number of nitrogens with two attached hydrogens (primary N) is 1. The Morgan fingerprint density at radius 3 is 2.33 bits per heavy atom. The summed E-state index contributed by atoms with van der Waals surface area (Å²) in [5, 5.41) is 4.00. The Balaban J connectivity index is 2.17. The maximum absolute atomic E-state index is 5.52. The third-order valence-electron chi connectivity index (χ3n) is 3.20. The summed E-state index contributed by atoms with van der Waals surface area (Å²) < 4.78 is 0. The van der Waals surface area contributed by atoms with Crippen molar-refractivity contribution in [3.8, 4) is 0 Å². The summed E-state index contributed by atoms with van der Waals surface area (Å²) >= 11 is 0. The van der Waals surface area contributed by atoms with E-state index >= 15 is 0 Å². The standard InChI is InChI=1S/C13H18N2/c14-15-13(11-7-3-1-4-8-11)12-9-5-2-6-10-12/h1,3-4,7-8,12H,2,5-6,9-10,14H2/b15-13-. The molecule has 1 aromatic carbocycles. The van der Waals surface area contributed by atoms with E-state index < -0.39 is 0 Å². The lowest BCUT2D eigenvalue weighted by molar-refractivity contribution is 0.439. The minimum Gasteiger partial charge on any atom is -0.323 e. The third-order valence-corrected chi connectivity index (χ3v) is 3.20. The molecule has 0 spiro atoms. The van der Waals surface area contributed by atoms with Crippen LogP contribution in [0, 0.1) is 5.92 Å². The van der Waals surface area contributed by atoms with Crippen LogP contribution >= 0.6 is 0 Å². The molecule has 1 fully saturated rings. The molecule has 0 amide bonds. The minimum atomic E-state index is 0.575. The predicted octanol–water partition coefficient (Wildman–Crippen LogP) is 2.93. The highest BCUT2D eigenvalue weighted by Crippen LogP contribution is 2.27. The van der Waals surface area contributed by atoms with Crippen LogP contribution in [0.3, 0.4) is 0 Å². The molecule has 0 saturated heterocycles. The zero-order valence-electron chi connectivity index (χ0n) is 9.02. The highest BCUT2D eigenvalue weighted by atomic mass is 15.1. The molecule has 1 aromatic rings. The SMILES string of the molecule is N/N=C(/c1ccccc1)C1CCCCC1. The largest absolute Gasteiger partial charge is 0.323 e. The molecule has 2 N–H and O–H groups in total. The van der Waals surface area contributed by atoms with E-state index in [9.17, 15) is 0 Å². The first-order valence-corrected chi connectivity index (χ1v) is 5.75. The summed E-state index contributed by atoms with van der Waals surface area (Å²) in [4.78, 5) is 0. The number of hydrogen-bond acceptors (Lipinski definition) is 2. The van der Waals surface area contributed by atoms with Gasteiger partial charge in [0.15, 0.2) is 0 Å². The first kappa shape index (κ1) is 10.2. The Morgan fingerprint density at radius 2 is 1.73 bits per heavy atom. The maximum atomic E-state index is 5.52. The molecular formula is C13H18N2. The number of rotatable bonds is 2. The lowest BCUT2D eigenvalue weighted by Crippen LogP contribution is -2.20. The molecule has 0 aromatic heterocycles. The second kappa shape index (κ2) is 4.96. The first-order chi connectivity index (χ1) is 7.42. The second-order valence-electron chi connectivity index (χ2n) is 4.22. The van der Waals surface area contributed by atoms with Crippen LogP contribution in [0.2, 0.25) is 0 Å². The van der Waals surface area contributed by atoms with Crippen molar-refractivity contribution in [3.05, 3.63) is 35.9 Å². The molecule has 2 nitrogen and oxygen atoms in total. The Morgan fingerprint density at radius 1 is 1.07 bits per heavy atom. The first-order valence-electron chi connectivity index (χ1n) is 5.75. The summed E-state index contributed by atoms with van der Waals surface area (Å²) in [6.07, 6.45) is 6.48. The van der Waals surface area contributed by atoms with Gasteiger partial charge in [-0.3, -0.25) is 0 Å². The summed E-state index contributed by atoms with van der Waals surface area (Å²) in [6.45, 7) is 0. The Hall–Kier alpha value is -1.31. The molecule has 0 bridgehead atoms. The zero-order chi connectivity index (χ0) is 10.5. The molecule has 0 aliphatic heterocycles. The van der Waals surface area contributed by atoms with E-state index in [1.165, 1.54) is 37.7 Å². The van der Waals surface area contributed by atoms with E-state index in [4.69, 9.17) is 5.84 Å². The highest BCUT2D eigenvalue weighted by Gasteiger charge is 2.20. The maximum Gasteiger partial charge on any atom is 0.0703 e. The van der Waals surface area contributed by atoms with E-state index in [0.29, 0.717) is 5.92 Å². The molecule has 0 radical (unpaired) electrons. The van der Waals surface area contributed by atoms with Crippen LogP contribution in [0.5, 0.6) is 0 Å². The van der Waals surface area contributed by atoms with Gasteiger partial charge in [-0.1, -0.05) is 49.6 Å². The molecule has 0 heterocycles. The topological polar surface area (TPSA) is 38.4 Å². The van der Waals surface area contributed by atoms with Gasteiger partial charge in [-0.15, -0.1) is 0 Å². The Bertz CT molecular complexity index is 324. The quantitative estimate of drug-likeness (QED) is 0.447. The van der Waals surface area contributed by atoms with Gasteiger partial charge in [0.05, 0.1) is 5.71 Å². The Labute approximate surface area is 91.2 Å². The fourth-order valence-corrected chi connectivity index (χ4v) is 2.40. The molecule has 1 aliphatic carbocycles. The minimum absolute atomic E-state index is 0.575. The molecule has 80 valence electrons. The van der Waals surface area contributed by atoms with Gasteiger partial charge in [0.1, 0.15) is 0 Å².